The number of rotatable bonds is 16. The van der Waals surface area contributed by atoms with Crippen LogP contribution in [0.5, 0.6) is 23.0 Å². The second kappa shape index (κ2) is 27.5. The average molecular weight is 1130 g/mol. The molecule has 0 saturated carbocycles. The topological polar surface area (TPSA) is 106 Å². The highest BCUT2D eigenvalue weighted by Gasteiger charge is 2.16. The molecule has 390 valence electrons. The summed E-state index contributed by atoms with van der Waals surface area (Å²) in [7, 11) is 1.62. The summed E-state index contributed by atoms with van der Waals surface area (Å²) < 4.78 is 84.8. The predicted octanol–water partition coefficient (Wildman–Crippen LogP) is 17.6. The van der Waals surface area contributed by atoms with Crippen molar-refractivity contribution in [3.63, 3.8) is 0 Å². The molecule has 0 amide bonds. The van der Waals surface area contributed by atoms with E-state index in [1.165, 1.54) is 30.0 Å². The molecule has 0 spiro atoms. The molecule has 9 aromatic rings. The molecule has 9 aromatic carbocycles. The lowest BCUT2D eigenvalue weighted by molar-refractivity contribution is 0.408. The van der Waals surface area contributed by atoms with Crippen LogP contribution in [0.3, 0.4) is 0 Å². The molecule has 0 unspecified atom stereocenters. The number of anilines is 3. The second-order valence-electron chi connectivity index (χ2n) is 16.0. The van der Waals surface area contributed by atoms with Crippen molar-refractivity contribution in [3.8, 4) is 23.0 Å². The lowest BCUT2D eigenvalue weighted by Crippen LogP contribution is -2.02. The fourth-order valence-electron chi connectivity index (χ4n) is 6.94. The highest BCUT2D eigenvalue weighted by Crippen LogP contribution is 2.38. The van der Waals surface area contributed by atoms with Crippen molar-refractivity contribution < 1.29 is 46.4 Å². The summed E-state index contributed by atoms with van der Waals surface area (Å²) in [5.41, 5.74) is 3.29. The predicted molar refractivity (Wildman–Crippen MR) is 294 cm³/mol. The maximum absolute atomic E-state index is 13.5. The van der Waals surface area contributed by atoms with E-state index in [2.05, 4.69) is 16.0 Å². The van der Waals surface area contributed by atoms with E-state index in [0.717, 1.165) is 70.0 Å². The lowest BCUT2D eigenvalue weighted by Gasteiger charge is -2.13. The number of methoxy groups -OCH3 is 1. The van der Waals surface area contributed by atoms with Gasteiger partial charge in [0.2, 0.25) is 17.5 Å². The Labute approximate surface area is 457 Å². The van der Waals surface area contributed by atoms with E-state index in [1.54, 1.807) is 30.6 Å². The van der Waals surface area contributed by atoms with E-state index in [1.807, 2.05) is 146 Å². The summed E-state index contributed by atoms with van der Waals surface area (Å²) in [5, 5.41) is 39.3. The number of halogens is 8. The number of aromatic hydroxyl groups is 3. The summed E-state index contributed by atoms with van der Waals surface area (Å²) in [5.74, 6) is -8.40. The molecule has 0 atom stereocenters. The zero-order valence-electron chi connectivity index (χ0n) is 39.9. The molecule has 0 fully saturated rings. The summed E-state index contributed by atoms with van der Waals surface area (Å²) in [6.07, 6.45) is 0. The molecule has 7 nitrogen and oxygen atoms in total. The van der Waals surface area contributed by atoms with E-state index in [-0.39, 0.29) is 17.1 Å². The van der Waals surface area contributed by atoms with Gasteiger partial charge in [-0.25, -0.2) is 13.2 Å². The number of ether oxygens (including phenoxy) is 1. The van der Waals surface area contributed by atoms with Crippen molar-refractivity contribution in [2.75, 3.05) is 23.1 Å². The largest absolute Gasteiger partial charge is 0.503 e. The van der Waals surface area contributed by atoms with Crippen molar-refractivity contribution in [2.45, 2.75) is 49.0 Å². The Bertz CT molecular complexity index is 3420. The number of hydrogen-bond acceptors (Lipinski definition) is 10. The first-order valence-electron chi connectivity index (χ1n) is 22.8. The van der Waals surface area contributed by atoms with Gasteiger partial charge in [0.25, 0.3) is 0 Å². The van der Waals surface area contributed by atoms with Crippen LogP contribution in [0.4, 0.5) is 43.4 Å². The molecule has 18 heteroatoms. The third kappa shape index (κ3) is 15.4. The van der Waals surface area contributed by atoms with Crippen molar-refractivity contribution in [3.05, 3.63) is 244 Å². The number of phenols is 3. The average Bonchev–Trinajstić information content (AvgIpc) is 3.43. The molecule has 0 aliphatic heterocycles. The van der Waals surface area contributed by atoms with Crippen LogP contribution in [0.1, 0.15) is 16.7 Å². The zero-order valence-corrected chi connectivity index (χ0v) is 43.9. The summed E-state index contributed by atoms with van der Waals surface area (Å²) >= 11 is 16.9. The van der Waals surface area contributed by atoms with Crippen LogP contribution in [0, 0.1) is 34.9 Å². The summed E-state index contributed by atoms with van der Waals surface area (Å²) in [4.78, 5) is 5.97. The Morgan fingerprint density at radius 1 is 0.408 bits per heavy atom. The molecule has 76 heavy (non-hydrogen) atoms. The van der Waals surface area contributed by atoms with Crippen molar-refractivity contribution in [2.24, 2.45) is 0 Å². The van der Waals surface area contributed by atoms with Crippen LogP contribution in [0.2, 0.25) is 10.0 Å². The Kier molecular flexibility index (Phi) is 20.5. The minimum atomic E-state index is -1.26. The van der Waals surface area contributed by atoms with Gasteiger partial charge in [-0.1, -0.05) is 131 Å². The van der Waals surface area contributed by atoms with Gasteiger partial charge in [0.1, 0.15) is 5.75 Å². The summed E-state index contributed by atoms with van der Waals surface area (Å²) in [6, 6.07) is 52.8. The maximum atomic E-state index is 13.5. The molecule has 0 aliphatic rings. The molecular weight excluding hydrogens is 1080 g/mol. The van der Waals surface area contributed by atoms with Gasteiger partial charge in [-0.05, 0) is 126 Å². The van der Waals surface area contributed by atoms with E-state index in [0.29, 0.717) is 29.7 Å². The first kappa shape index (κ1) is 56.5. The van der Waals surface area contributed by atoms with Gasteiger partial charge in [0.15, 0.2) is 34.7 Å². The molecule has 6 N–H and O–H groups in total. The van der Waals surface area contributed by atoms with Gasteiger partial charge in [-0.2, -0.15) is 13.2 Å². The lowest BCUT2D eigenvalue weighted by atomic mass is 10.2. The molecule has 0 aromatic heterocycles. The van der Waals surface area contributed by atoms with Crippen LogP contribution in [-0.2, 0) is 19.6 Å². The third-order valence-electron chi connectivity index (χ3n) is 10.9. The van der Waals surface area contributed by atoms with E-state index in [4.69, 9.17) is 27.9 Å². The maximum Gasteiger partial charge on any atom is 0.202 e. The third-order valence-corrected chi connectivity index (χ3v) is 15.0. The molecule has 0 aliphatic carbocycles. The zero-order chi connectivity index (χ0) is 54.1. The van der Waals surface area contributed by atoms with Gasteiger partial charge in [0, 0.05) is 54.0 Å². The number of hydrogen-bond donors (Lipinski definition) is 6. The SMILES string of the molecule is COc1ccc(Sc2ccccc2CNc2ccc(F)c(F)c2O)cc1.Oc1c(NCc2ccccc2Sc2cccc(Cl)c2)ccc(F)c1F.Oc1c(NCc2ccccc2Sc2ccccc2Cl)ccc(F)c1F. The van der Waals surface area contributed by atoms with E-state index in [9.17, 15) is 41.7 Å². The highest BCUT2D eigenvalue weighted by molar-refractivity contribution is 8.00. The molecule has 0 radical (unpaired) electrons. The van der Waals surface area contributed by atoms with E-state index < -0.39 is 52.2 Å². The minimum Gasteiger partial charge on any atom is -0.503 e. The van der Waals surface area contributed by atoms with Crippen LogP contribution < -0.4 is 20.7 Å². The molecule has 0 saturated heterocycles. The van der Waals surface area contributed by atoms with E-state index >= 15 is 0 Å². The highest BCUT2D eigenvalue weighted by atomic mass is 35.5. The molecule has 0 bridgehead atoms. The molecular formula is C58H45Cl2F6N3O4S3. The number of nitrogens with one attached hydrogen (secondary N) is 3. The van der Waals surface area contributed by atoms with Gasteiger partial charge in [-0.15, -0.1) is 0 Å². The molecule has 0 heterocycles. The van der Waals surface area contributed by atoms with Crippen molar-refractivity contribution in [1.82, 2.24) is 0 Å². The summed E-state index contributed by atoms with van der Waals surface area (Å²) in [6.45, 7) is 1.05. The van der Waals surface area contributed by atoms with Crippen LogP contribution >= 0.6 is 58.5 Å². The Morgan fingerprint density at radius 3 is 1.20 bits per heavy atom. The number of phenolic OH excluding ortho intramolecular Hbond substituents is 3. The Hall–Kier alpha value is -7.21. The van der Waals surface area contributed by atoms with Crippen molar-refractivity contribution >= 4 is 75.5 Å². The van der Waals surface area contributed by atoms with Crippen LogP contribution in [0.15, 0.2) is 211 Å². The Balaban J connectivity index is 0.000000166. The van der Waals surface area contributed by atoms with Crippen LogP contribution in [0.25, 0.3) is 0 Å². The van der Waals surface area contributed by atoms with Gasteiger partial charge >= 0.3 is 0 Å². The first-order chi connectivity index (χ1) is 36.7. The van der Waals surface area contributed by atoms with Gasteiger partial charge in [0.05, 0.1) is 29.2 Å². The van der Waals surface area contributed by atoms with Gasteiger partial charge in [-0.3, -0.25) is 0 Å². The fraction of sp³-hybridized carbons (Fsp3) is 0.0690. The normalized spacial score (nSPS) is 10.6. The van der Waals surface area contributed by atoms with Gasteiger partial charge < -0.3 is 36.0 Å². The quantitative estimate of drug-likeness (QED) is 0.0414. The monoisotopic (exact) mass is 1130 g/mol. The fourth-order valence-corrected chi connectivity index (χ4v) is 10.4. The van der Waals surface area contributed by atoms with Crippen LogP contribution in [-0.4, -0.2) is 22.4 Å². The first-order valence-corrected chi connectivity index (χ1v) is 26.0. The Morgan fingerprint density at radius 2 is 0.789 bits per heavy atom. The number of benzene rings is 9. The standard InChI is InChI=1S/C20H17F2NO2S.2C19H14ClF2NOS/c1-25-14-6-8-15(9-7-14)26-18-5-3-2-4-13(18)12-23-17-11-10-16(21)19(22)20(17)24;20-13-6-2-4-8-17(13)25-16-7-3-1-5-12(16)11-23-15-10-9-14(21)18(22)19(15)24;20-13-5-3-6-14(10-13)25-17-7-2-1-4-12(17)11-23-16-9-8-15(21)18(22)19(16)24/h2-11,23-24H,12H2,1H3;2*1-10,23-24H,11H2. The minimum absolute atomic E-state index is 0.136. The molecule has 9 rings (SSSR count). The smallest absolute Gasteiger partial charge is 0.202 e. The second-order valence-corrected chi connectivity index (χ2v) is 20.2. The van der Waals surface area contributed by atoms with Crippen molar-refractivity contribution in [1.29, 1.82) is 0 Å².